The molecule has 0 aliphatic rings. The summed E-state index contributed by atoms with van der Waals surface area (Å²) in [6.07, 6.45) is 3.69. The SMILES string of the molecule is NC(c1ccc(Cl)c(Cl)c1)c1nccn1Cc1ccccc1. The molecular weight excluding hydrogens is 317 g/mol. The van der Waals surface area contributed by atoms with E-state index < -0.39 is 0 Å². The first-order chi connectivity index (χ1) is 10.6. The van der Waals surface area contributed by atoms with Crippen LogP contribution in [0.3, 0.4) is 0 Å². The van der Waals surface area contributed by atoms with Crippen molar-refractivity contribution in [1.29, 1.82) is 0 Å². The van der Waals surface area contributed by atoms with Gasteiger partial charge in [-0.15, -0.1) is 0 Å². The van der Waals surface area contributed by atoms with Crippen molar-refractivity contribution in [2.75, 3.05) is 0 Å². The van der Waals surface area contributed by atoms with Gasteiger partial charge >= 0.3 is 0 Å². The fraction of sp³-hybridized carbons (Fsp3) is 0.118. The van der Waals surface area contributed by atoms with E-state index in [1.165, 1.54) is 5.56 Å². The Morgan fingerprint density at radius 1 is 1.05 bits per heavy atom. The van der Waals surface area contributed by atoms with Crippen LogP contribution in [0.25, 0.3) is 0 Å². The van der Waals surface area contributed by atoms with Crippen LogP contribution in [-0.4, -0.2) is 9.55 Å². The molecule has 2 N–H and O–H groups in total. The molecular formula is C17H15Cl2N3. The Labute approximate surface area is 139 Å². The van der Waals surface area contributed by atoms with Crippen molar-refractivity contribution in [3.8, 4) is 0 Å². The van der Waals surface area contributed by atoms with Gasteiger partial charge < -0.3 is 10.3 Å². The summed E-state index contributed by atoms with van der Waals surface area (Å²) < 4.78 is 2.04. The minimum Gasteiger partial charge on any atom is -0.329 e. The van der Waals surface area contributed by atoms with Gasteiger partial charge in [-0.05, 0) is 23.3 Å². The third kappa shape index (κ3) is 3.17. The lowest BCUT2D eigenvalue weighted by Crippen LogP contribution is -2.18. The summed E-state index contributed by atoms with van der Waals surface area (Å²) in [5.41, 5.74) is 8.43. The van der Waals surface area contributed by atoms with E-state index in [4.69, 9.17) is 28.9 Å². The number of nitrogens with zero attached hydrogens (tertiary/aromatic N) is 2. The zero-order valence-electron chi connectivity index (χ0n) is 11.8. The van der Waals surface area contributed by atoms with Gasteiger partial charge in [-0.1, -0.05) is 59.6 Å². The van der Waals surface area contributed by atoms with Crippen molar-refractivity contribution in [3.05, 3.63) is 87.9 Å². The summed E-state index contributed by atoms with van der Waals surface area (Å²) in [5, 5.41) is 1.01. The van der Waals surface area contributed by atoms with Crippen LogP contribution in [0.1, 0.15) is 23.0 Å². The van der Waals surface area contributed by atoms with Crippen LogP contribution in [0.5, 0.6) is 0 Å². The summed E-state index contributed by atoms with van der Waals surface area (Å²) in [5.74, 6) is 0.794. The van der Waals surface area contributed by atoms with Crippen LogP contribution in [-0.2, 0) is 6.54 Å². The number of benzene rings is 2. The lowest BCUT2D eigenvalue weighted by molar-refractivity contribution is 0.674. The van der Waals surface area contributed by atoms with Crippen LogP contribution < -0.4 is 5.73 Å². The van der Waals surface area contributed by atoms with E-state index in [0.717, 1.165) is 17.9 Å². The van der Waals surface area contributed by atoms with Crippen molar-refractivity contribution < 1.29 is 0 Å². The van der Waals surface area contributed by atoms with Gasteiger partial charge in [0, 0.05) is 18.9 Å². The molecule has 1 unspecified atom stereocenters. The second-order valence-corrected chi connectivity index (χ2v) is 5.86. The highest BCUT2D eigenvalue weighted by Gasteiger charge is 2.16. The Balaban J connectivity index is 1.89. The van der Waals surface area contributed by atoms with E-state index in [0.29, 0.717) is 10.0 Å². The Morgan fingerprint density at radius 3 is 2.55 bits per heavy atom. The summed E-state index contributed by atoms with van der Waals surface area (Å²) in [6, 6.07) is 15.3. The predicted molar refractivity (Wildman–Crippen MR) is 90.3 cm³/mol. The molecule has 0 radical (unpaired) electrons. The second-order valence-electron chi connectivity index (χ2n) is 5.05. The third-order valence-corrected chi connectivity index (χ3v) is 4.26. The maximum absolute atomic E-state index is 6.35. The number of hydrogen-bond donors (Lipinski definition) is 1. The number of aromatic nitrogens is 2. The average molecular weight is 332 g/mol. The molecule has 3 aromatic rings. The molecule has 2 aromatic carbocycles. The van der Waals surface area contributed by atoms with E-state index in [1.807, 2.05) is 35.0 Å². The molecule has 5 heteroatoms. The normalized spacial score (nSPS) is 12.3. The summed E-state index contributed by atoms with van der Waals surface area (Å²) in [6.45, 7) is 0.727. The molecule has 0 amide bonds. The molecule has 3 nitrogen and oxygen atoms in total. The molecule has 0 aliphatic carbocycles. The largest absolute Gasteiger partial charge is 0.329 e. The molecule has 1 atom stereocenters. The Morgan fingerprint density at radius 2 is 1.82 bits per heavy atom. The number of imidazole rings is 1. The van der Waals surface area contributed by atoms with E-state index >= 15 is 0 Å². The van der Waals surface area contributed by atoms with E-state index in [-0.39, 0.29) is 6.04 Å². The van der Waals surface area contributed by atoms with E-state index in [2.05, 4.69) is 17.1 Å². The standard InChI is InChI=1S/C17H15Cl2N3/c18-14-7-6-13(10-15(14)19)16(20)17-21-8-9-22(17)11-12-4-2-1-3-5-12/h1-10,16H,11,20H2. The van der Waals surface area contributed by atoms with Gasteiger partial charge in [0.2, 0.25) is 0 Å². The van der Waals surface area contributed by atoms with Gasteiger partial charge in [0.15, 0.2) is 0 Å². The molecule has 0 fully saturated rings. The topological polar surface area (TPSA) is 43.8 Å². The van der Waals surface area contributed by atoms with Crippen LogP contribution in [0.2, 0.25) is 10.0 Å². The highest BCUT2D eigenvalue weighted by atomic mass is 35.5. The van der Waals surface area contributed by atoms with Crippen LogP contribution in [0.15, 0.2) is 60.9 Å². The third-order valence-electron chi connectivity index (χ3n) is 3.52. The van der Waals surface area contributed by atoms with Gasteiger partial charge in [0.25, 0.3) is 0 Å². The summed E-state index contributed by atoms with van der Waals surface area (Å²) in [4.78, 5) is 4.40. The van der Waals surface area contributed by atoms with Crippen LogP contribution in [0, 0.1) is 0 Å². The second kappa shape index (κ2) is 6.53. The smallest absolute Gasteiger partial charge is 0.130 e. The van der Waals surface area contributed by atoms with Gasteiger partial charge in [-0.3, -0.25) is 0 Å². The summed E-state index contributed by atoms with van der Waals surface area (Å²) in [7, 11) is 0. The first-order valence-corrected chi connectivity index (χ1v) is 7.66. The fourth-order valence-electron chi connectivity index (χ4n) is 2.37. The lowest BCUT2D eigenvalue weighted by Gasteiger charge is -2.15. The summed E-state index contributed by atoms with van der Waals surface area (Å²) >= 11 is 12.0. The number of nitrogens with two attached hydrogens (primary N) is 1. The van der Waals surface area contributed by atoms with E-state index in [1.54, 1.807) is 18.3 Å². The molecule has 1 heterocycles. The molecule has 3 rings (SSSR count). The first kappa shape index (κ1) is 15.1. The molecule has 0 aliphatic heterocycles. The average Bonchev–Trinajstić information content (AvgIpc) is 2.98. The minimum absolute atomic E-state index is 0.353. The maximum Gasteiger partial charge on any atom is 0.130 e. The van der Waals surface area contributed by atoms with Crippen molar-refractivity contribution in [1.82, 2.24) is 9.55 Å². The fourth-order valence-corrected chi connectivity index (χ4v) is 2.67. The van der Waals surface area contributed by atoms with Crippen molar-refractivity contribution in [2.45, 2.75) is 12.6 Å². The van der Waals surface area contributed by atoms with Crippen molar-refractivity contribution in [3.63, 3.8) is 0 Å². The molecule has 0 spiro atoms. The molecule has 22 heavy (non-hydrogen) atoms. The molecule has 0 bridgehead atoms. The number of rotatable bonds is 4. The highest BCUT2D eigenvalue weighted by Crippen LogP contribution is 2.27. The minimum atomic E-state index is -0.353. The number of hydrogen-bond acceptors (Lipinski definition) is 2. The zero-order chi connectivity index (χ0) is 15.5. The number of halogens is 2. The molecule has 112 valence electrons. The quantitative estimate of drug-likeness (QED) is 0.775. The Bertz CT molecular complexity index is 769. The predicted octanol–water partition coefficient (Wildman–Crippen LogP) is 4.29. The van der Waals surface area contributed by atoms with Gasteiger partial charge in [0.1, 0.15) is 5.82 Å². The monoisotopic (exact) mass is 331 g/mol. The van der Waals surface area contributed by atoms with Crippen LogP contribution in [0.4, 0.5) is 0 Å². The molecule has 0 saturated carbocycles. The molecule has 0 saturated heterocycles. The first-order valence-electron chi connectivity index (χ1n) is 6.90. The van der Waals surface area contributed by atoms with Crippen molar-refractivity contribution >= 4 is 23.2 Å². The lowest BCUT2D eigenvalue weighted by atomic mass is 10.1. The van der Waals surface area contributed by atoms with Gasteiger partial charge in [-0.25, -0.2) is 4.98 Å². The maximum atomic E-state index is 6.35. The Hall–Kier alpha value is -1.81. The molecule has 1 aromatic heterocycles. The highest BCUT2D eigenvalue weighted by molar-refractivity contribution is 6.42. The van der Waals surface area contributed by atoms with Crippen molar-refractivity contribution in [2.24, 2.45) is 5.73 Å². The van der Waals surface area contributed by atoms with Crippen LogP contribution >= 0.6 is 23.2 Å². The Kier molecular flexibility index (Phi) is 4.48. The van der Waals surface area contributed by atoms with E-state index in [9.17, 15) is 0 Å². The zero-order valence-corrected chi connectivity index (χ0v) is 13.3. The van der Waals surface area contributed by atoms with Gasteiger partial charge in [-0.2, -0.15) is 0 Å². The van der Waals surface area contributed by atoms with Gasteiger partial charge in [0.05, 0.1) is 16.1 Å².